The summed E-state index contributed by atoms with van der Waals surface area (Å²) < 4.78 is 11.8. The Morgan fingerprint density at radius 2 is 1.86 bits per heavy atom. The lowest BCUT2D eigenvalue weighted by Gasteiger charge is -2.29. The van der Waals surface area contributed by atoms with Gasteiger partial charge in [-0.15, -0.1) is 0 Å². The van der Waals surface area contributed by atoms with E-state index in [0.717, 1.165) is 52.3 Å². The third-order valence-corrected chi connectivity index (χ3v) is 7.69. The van der Waals surface area contributed by atoms with Crippen LogP contribution in [0.25, 0.3) is 22.0 Å². The molecule has 37 heavy (non-hydrogen) atoms. The maximum atomic E-state index is 13.5. The lowest BCUT2D eigenvalue weighted by atomic mass is 9.92. The Hall–Kier alpha value is -4.39. The number of aromatic amines is 1. The molecule has 0 saturated carbocycles. The van der Waals surface area contributed by atoms with E-state index in [0.29, 0.717) is 23.8 Å². The van der Waals surface area contributed by atoms with Gasteiger partial charge < -0.3 is 19.4 Å². The minimum atomic E-state index is -0.189. The molecule has 0 spiro atoms. The average molecular weight is 491 g/mol. The van der Waals surface area contributed by atoms with Crippen molar-refractivity contribution < 1.29 is 9.47 Å². The van der Waals surface area contributed by atoms with Crippen LogP contribution < -0.4 is 15.1 Å². The number of ether oxygens (including phenoxy) is 2. The highest BCUT2D eigenvalue weighted by molar-refractivity contribution is 5.80. The van der Waals surface area contributed by atoms with E-state index < -0.39 is 0 Å². The van der Waals surface area contributed by atoms with E-state index in [1.54, 1.807) is 7.11 Å². The van der Waals surface area contributed by atoms with Crippen LogP contribution in [0.2, 0.25) is 0 Å². The Balaban J connectivity index is 1.29. The predicted molar refractivity (Wildman–Crippen MR) is 142 cm³/mol. The van der Waals surface area contributed by atoms with Crippen LogP contribution >= 0.6 is 0 Å². The zero-order chi connectivity index (χ0) is 24.9. The van der Waals surface area contributed by atoms with E-state index in [1.807, 2.05) is 60.9 Å². The number of hydrogen-bond acceptors (Lipinski definition) is 6. The second-order valence-corrected chi connectivity index (χ2v) is 9.79. The number of hydrogen-bond donors (Lipinski definition) is 1. The van der Waals surface area contributed by atoms with Gasteiger partial charge in [0.1, 0.15) is 23.7 Å². The Labute approximate surface area is 214 Å². The third kappa shape index (κ3) is 3.61. The Bertz CT molecular complexity index is 1610. The first kappa shape index (κ1) is 21.9. The number of pyridine rings is 1. The standard InChI is InChI=1S/C30H26N4O3/c1-36-21-12-10-18(11-13-21)20-15-31-30(32-16-20)34-17-23-27(33-24-8-4-3-7-22(24)29(23)35)28(34)26-14-19-6-2-5-9-25(19)37-26/h2-5,7-13,15-16,19,26,28H,6,14,17H2,1H3,(H,33,35). The summed E-state index contributed by atoms with van der Waals surface area (Å²) in [4.78, 5) is 28.8. The van der Waals surface area contributed by atoms with E-state index in [2.05, 4.69) is 28.1 Å². The smallest absolute Gasteiger partial charge is 0.226 e. The lowest BCUT2D eigenvalue weighted by molar-refractivity contribution is 0.131. The molecule has 184 valence electrons. The number of anilines is 1. The summed E-state index contributed by atoms with van der Waals surface area (Å²) in [6.07, 6.45) is 11.7. The van der Waals surface area contributed by atoms with Crippen molar-refractivity contribution in [2.75, 3.05) is 12.0 Å². The van der Waals surface area contributed by atoms with E-state index in [-0.39, 0.29) is 17.6 Å². The maximum absolute atomic E-state index is 13.5. The van der Waals surface area contributed by atoms with Gasteiger partial charge >= 0.3 is 0 Å². The number of aromatic nitrogens is 3. The zero-order valence-electron chi connectivity index (χ0n) is 20.4. The normalized spacial score (nSPS) is 21.9. The molecule has 0 radical (unpaired) electrons. The number of benzene rings is 2. The van der Waals surface area contributed by atoms with E-state index in [1.165, 1.54) is 0 Å². The van der Waals surface area contributed by atoms with Crippen molar-refractivity contribution in [2.24, 2.45) is 5.92 Å². The molecule has 1 N–H and O–H groups in total. The van der Waals surface area contributed by atoms with Gasteiger partial charge in [0.2, 0.25) is 5.95 Å². The van der Waals surface area contributed by atoms with Crippen LogP contribution in [0.4, 0.5) is 5.95 Å². The fraction of sp³-hybridized carbons (Fsp3) is 0.233. The summed E-state index contributed by atoms with van der Waals surface area (Å²) in [5.74, 6) is 2.78. The molecule has 2 aliphatic heterocycles. The molecule has 3 unspecified atom stereocenters. The molecule has 0 bridgehead atoms. The maximum Gasteiger partial charge on any atom is 0.226 e. The number of nitrogens with zero attached hydrogens (tertiary/aromatic N) is 3. The molecule has 2 aromatic heterocycles. The molecule has 7 nitrogen and oxygen atoms in total. The van der Waals surface area contributed by atoms with Crippen LogP contribution in [0.5, 0.6) is 5.75 Å². The Kier molecular flexibility index (Phi) is 5.09. The van der Waals surface area contributed by atoms with Gasteiger partial charge in [-0.3, -0.25) is 4.79 Å². The van der Waals surface area contributed by atoms with Crippen LogP contribution in [-0.2, 0) is 11.3 Å². The van der Waals surface area contributed by atoms with Gasteiger partial charge in [0, 0.05) is 40.3 Å². The van der Waals surface area contributed by atoms with Crippen molar-refractivity contribution in [3.63, 3.8) is 0 Å². The molecule has 1 fully saturated rings. The van der Waals surface area contributed by atoms with Crippen LogP contribution in [0.15, 0.2) is 89.7 Å². The first-order valence-electron chi connectivity index (χ1n) is 12.6. The zero-order valence-corrected chi connectivity index (χ0v) is 20.4. The van der Waals surface area contributed by atoms with Crippen LogP contribution in [0.3, 0.4) is 0 Å². The van der Waals surface area contributed by atoms with Crippen LogP contribution in [0.1, 0.15) is 30.1 Å². The first-order valence-corrected chi connectivity index (χ1v) is 12.6. The summed E-state index contributed by atoms with van der Waals surface area (Å²) in [5, 5.41) is 0.700. The van der Waals surface area contributed by atoms with Crippen molar-refractivity contribution in [1.29, 1.82) is 0 Å². The second-order valence-electron chi connectivity index (χ2n) is 9.79. The lowest BCUT2D eigenvalue weighted by Crippen LogP contribution is -2.32. The SMILES string of the molecule is COc1ccc(-c2cnc(N3Cc4c([nH]c5ccccc5c4=O)C3C3CC4CC=CC=C4O3)nc2)cc1. The van der Waals surface area contributed by atoms with E-state index >= 15 is 0 Å². The fourth-order valence-corrected chi connectivity index (χ4v) is 5.82. The largest absolute Gasteiger partial charge is 0.497 e. The van der Waals surface area contributed by atoms with Crippen molar-refractivity contribution in [3.05, 3.63) is 106 Å². The molecular formula is C30H26N4O3. The molecule has 1 aliphatic carbocycles. The molecule has 0 amide bonds. The average Bonchev–Trinajstić information content (AvgIpc) is 3.55. The minimum Gasteiger partial charge on any atom is -0.497 e. The van der Waals surface area contributed by atoms with Gasteiger partial charge in [0.15, 0.2) is 5.43 Å². The molecule has 7 heteroatoms. The van der Waals surface area contributed by atoms with Crippen LogP contribution in [0, 0.1) is 5.92 Å². The summed E-state index contributed by atoms with van der Waals surface area (Å²) in [5.41, 5.74) is 4.49. The molecule has 1 saturated heterocycles. The Morgan fingerprint density at radius 3 is 2.65 bits per heavy atom. The molecule has 7 rings (SSSR count). The number of H-pyrrole nitrogens is 1. The number of rotatable bonds is 4. The Morgan fingerprint density at radius 1 is 1.05 bits per heavy atom. The highest BCUT2D eigenvalue weighted by Gasteiger charge is 2.45. The monoisotopic (exact) mass is 490 g/mol. The highest BCUT2D eigenvalue weighted by Crippen LogP contribution is 2.46. The molecule has 4 aromatic rings. The fourth-order valence-electron chi connectivity index (χ4n) is 5.82. The minimum absolute atomic E-state index is 0.0583. The van der Waals surface area contributed by atoms with Gasteiger partial charge in [0.05, 0.1) is 19.3 Å². The quantitative estimate of drug-likeness (QED) is 0.418. The van der Waals surface area contributed by atoms with Gasteiger partial charge in [-0.25, -0.2) is 9.97 Å². The van der Waals surface area contributed by atoms with Crippen molar-refractivity contribution in [2.45, 2.75) is 31.5 Å². The summed E-state index contributed by atoms with van der Waals surface area (Å²) in [6.45, 7) is 0.434. The molecule has 2 aromatic carbocycles. The number of allylic oxidation sites excluding steroid dienone is 4. The highest BCUT2D eigenvalue weighted by atomic mass is 16.5. The number of para-hydroxylation sites is 1. The molecule has 3 aliphatic rings. The number of nitrogens with one attached hydrogen (secondary N) is 1. The third-order valence-electron chi connectivity index (χ3n) is 7.69. The van der Waals surface area contributed by atoms with Gasteiger partial charge in [-0.05, 0) is 48.7 Å². The predicted octanol–water partition coefficient (Wildman–Crippen LogP) is 5.30. The summed E-state index contributed by atoms with van der Waals surface area (Å²) >= 11 is 0. The number of methoxy groups -OCH3 is 1. The second kappa shape index (κ2) is 8.62. The molecule has 3 atom stereocenters. The van der Waals surface area contributed by atoms with Crippen molar-refractivity contribution in [1.82, 2.24) is 15.0 Å². The molecular weight excluding hydrogens is 464 g/mol. The topological polar surface area (TPSA) is 80.3 Å². The summed E-state index contributed by atoms with van der Waals surface area (Å²) in [6, 6.07) is 15.3. The number of fused-ring (bicyclic) bond motifs is 3. The van der Waals surface area contributed by atoms with E-state index in [9.17, 15) is 4.79 Å². The van der Waals surface area contributed by atoms with Gasteiger partial charge in [-0.2, -0.15) is 0 Å². The van der Waals surface area contributed by atoms with Crippen LogP contribution in [-0.4, -0.2) is 28.2 Å². The first-order chi connectivity index (χ1) is 18.2. The summed E-state index contributed by atoms with van der Waals surface area (Å²) in [7, 11) is 1.65. The van der Waals surface area contributed by atoms with Crippen molar-refractivity contribution in [3.8, 4) is 16.9 Å². The van der Waals surface area contributed by atoms with Gasteiger partial charge in [-0.1, -0.05) is 36.4 Å². The molecule has 4 heterocycles. The van der Waals surface area contributed by atoms with Gasteiger partial charge in [0.25, 0.3) is 0 Å². The van der Waals surface area contributed by atoms with E-state index in [4.69, 9.17) is 19.4 Å². The van der Waals surface area contributed by atoms with Crippen molar-refractivity contribution >= 4 is 16.9 Å².